The van der Waals surface area contributed by atoms with Gasteiger partial charge in [-0.05, 0) is 25.6 Å². The van der Waals surface area contributed by atoms with Crippen LogP contribution in [0.3, 0.4) is 0 Å². The van der Waals surface area contributed by atoms with Gasteiger partial charge in [0.15, 0.2) is 0 Å². The molecule has 0 unspecified atom stereocenters. The van der Waals surface area contributed by atoms with Crippen molar-refractivity contribution < 1.29 is 13.2 Å². The Hall–Kier alpha value is -1.29. The van der Waals surface area contributed by atoms with Crippen molar-refractivity contribution >= 4 is 6.08 Å². The Morgan fingerprint density at radius 1 is 1.31 bits per heavy atom. The minimum atomic E-state index is -4.30. The van der Waals surface area contributed by atoms with Crippen LogP contribution in [0.4, 0.5) is 13.2 Å². The fraction of sp³-hybridized carbons (Fsp3) is 0.333. The highest BCUT2D eigenvalue weighted by molar-refractivity contribution is 5.57. The first kappa shape index (κ1) is 12.8. The molecule has 0 saturated carbocycles. The van der Waals surface area contributed by atoms with Crippen molar-refractivity contribution in [3.63, 3.8) is 0 Å². The Balaban J connectivity index is 3.10. The van der Waals surface area contributed by atoms with Gasteiger partial charge in [0.2, 0.25) is 0 Å². The van der Waals surface area contributed by atoms with Crippen LogP contribution in [-0.4, -0.2) is 13.6 Å². The molecule has 88 valence electrons. The van der Waals surface area contributed by atoms with Crippen molar-refractivity contribution in [1.29, 1.82) is 0 Å². The molecule has 1 aromatic rings. The zero-order chi connectivity index (χ0) is 12.2. The van der Waals surface area contributed by atoms with Crippen LogP contribution in [0, 0.1) is 0 Å². The Morgan fingerprint density at radius 3 is 2.50 bits per heavy atom. The van der Waals surface area contributed by atoms with Gasteiger partial charge in [-0.25, -0.2) is 0 Å². The van der Waals surface area contributed by atoms with Gasteiger partial charge in [0.1, 0.15) is 0 Å². The lowest BCUT2D eigenvalue weighted by atomic mass is 10.0. The van der Waals surface area contributed by atoms with Gasteiger partial charge < -0.3 is 5.32 Å². The van der Waals surface area contributed by atoms with E-state index in [9.17, 15) is 13.2 Å². The molecule has 0 fully saturated rings. The van der Waals surface area contributed by atoms with Crippen LogP contribution >= 0.6 is 0 Å². The van der Waals surface area contributed by atoms with Gasteiger partial charge in [0.05, 0.1) is 5.56 Å². The van der Waals surface area contributed by atoms with E-state index in [1.54, 1.807) is 26.1 Å². The Kier molecular flexibility index (Phi) is 4.12. The quantitative estimate of drug-likeness (QED) is 0.838. The van der Waals surface area contributed by atoms with Crippen LogP contribution in [0.25, 0.3) is 6.08 Å². The molecule has 0 saturated heterocycles. The summed E-state index contributed by atoms with van der Waals surface area (Å²) in [5.74, 6) is 0. The third-order valence-corrected chi connectivity index (χ3v) is 2.12. The molecule has 16 heavy (non-hydrogen) atoms. The van der Waals surface area contributed by atoms with Crippen LogP contribution < -0.4 is 5.32 Å². The van der Waals surface area contributed by atoms with Gasteiger partial charge in [-0.2, -0.15) is 13.2 Å². The van der Waals surface area contributed by atoms with Crippen molar-refractivity contribution in [1.82, 2.24) is 5.32 Å². The molecule has 4 heteroatoms. The first-order chi connectivity index (χ1) is 7.45. The molecular formula is C12H14F3N. The maximum atomic E-state index is 12.6. The molecule has 1 rings (SSSR count). The lowest BCUT2D eigenvalue weighted by Crippen LogP contribution is -2.10. The van der Waals surface area contributed by atoms with E-state index in [-0.39, 0.29) is 5.56 Å². The Labute approximate surface area is 93.0 Å². The van der Waals surface area contributed by atoms with Crippen LogP contribution in [-0.2, 0) is 6.18 Å². The van der Waals surface area contributed by atoms with Crippen molar-refractivity contribution in [2.75, 3.05) is 13.6 Å². The predicted molar refractivity (Wildman–Crippen MR) is 59.0 cm³/mol. The minimum absolute atomic E-state index is 0.211. The second-order valence-electron chi connectivity index (χ2n) is 3.61. The van der Waals surface area contributed by atoms with Gasteiger partial charge in [-0.1, -0.05) is 29.8 Å². The topological polar surface area (TPSA) is 12.0 Å². The van der Waals surface area contributed by atoms with E-state index in [1.807, 2.05) is 0 Å². The predicted octanol–water partition coefficient (Wildman–Crippen LogP) is 3.33. The fourth-order valence-electron chi connectivity index (χ4n) is 1.48. The molecule has 0 bridgehead atoms. The number of halogens is 3. The van der Waals surface area contributed by atoms with Crippen LogP contribution in [0.2, 0.25) is 0 Å². The van der Waals surface area contributed by atoms with Crippen molar-refractivity contribution in [3.8, 4) is 0 Å². The third-order valence-electron chi connectivity index (χ3n) is 2.12. The summed E-state index contributed by atoms with van der Waals surface area (Å²) in [5.41, 5.74) is 0.479. The van der Waals surface area contributed by atoms with E-state index in [0.29, 0.717) is 6.54 Å². The van der Waals surface area contributed by atoms with E-state index in [4.69, 9.17) is 0 Å². The molecule has 0 aromatic heterocycles. The smallest absolute Gasteiger partial charge is 0.316 e. The summed E-state index contributed by atoms with van der Waals surface area (Å²) in [6.45, 7) is 2.37. The SMILES string of the molecule is CNCC(C)=Cc1ccccc1C(F)(F)F. The molecule has 1 nitrogen and oxygen atoms in total. The molecule has 0 radical (unpaired) electrons. The molecule has 1 aromatic carbocycles. The summed E-state index contributed by atoms with van der Waals surface area (Å²) >= 11 is 0. The van der Waals surface area contributed by atoms with Gasteiger partial charge in [-0.15, -0.1) is 0 Å². The van der Waals surface area contributed by atoms with Crippen molar-refractivity contribution in [2.45, 2.75) is 13.1 Å². The van der Waals surface area contributed by atoms with E-state index in [2.05, 4.69) is 5.32 Å². The second-order valence-corrected chi connectivity index (χ2v) is 3.61. The molecule has 0 atom stereocenters. The van der Waals surface area contributed by atoms with Gasteiger partial charge in [0.25, 0.3) is 0 Å². The second kappa shape index (κ2) is 5.16. The average Bonchev–Trinajstić information content (AvgIpc) is 2.17. The van der Waals surface area contributed by atoms with Crippen LogP contribution in [0.5, 0.6) is 0 Å². The lowest BCUT2D eigenvalue weighted by Gasteiger charge is -2.10. The summed E-state index contributed by atoms with van der Waals surface area (Å²) < 4.78 is 37.9. The first-order valence-corrected chi connectivity index (χ1v) is 4.93. The fourth-order valence-corrected chi connectivity index (χ4v) is 1.48. The molecule has 0 heterocycles. The van der Waals surface area contributed by atoms with E-state index < -0.39 is 11.7 Å². The summed E-state index contributed by atoms with van der Waals surface area (Å²) in [7, 11) is 1.76. The zero-order valence-corrected chi connectivity index (χ0v) is 9.23. The van der Waals surface area contributed by atoms with Gasteiger partial charge >= 0.3 is 6.18 Å². The van der Waals surface area contributed by atoms with E-state index >= 15 is 0 Å². The zero-order valence-electron chi connectivity index (χ0n) is 9.23. The number of nitrogens with one attached hydrogen (secondary N) is 1. The van der Waals surface area contributed by atoms with Crippen LogP contribution in [0.1, 0.15) is 18.1 Å². The maximum Gasteiger partial charge on any atom is 0.416 e. The molecule has 1 N–H and O–H groups in total. The normalized spacial score (nSPS) is 12.9. The summed E-state index contributed by atoms with van der Waals surface area (Å²) in [4.78, 5) is 0. The molecule has 0 amide bonds. The molecular weight excluding hydrogens is 215 g/mol. The number of benzene rings is 1. The standard InChI is InChI=1S/C12H14F3N/c1-9(8-16-2)7-10-5-3-4-6-11(10)12(13,14)15/h3-7,16H,8H2,1-2H3. The first-order valence-electron chi connectivity index (χ1n) is 4.93. The van der Waals surface area contributed by atoms with Gasteiger partial charge in [-0.3, -0.25) is 0 Å². The summed E-state index contributed by atoms with van der Waals surface area (Å²) in [5, 5.41) is 2.90. The van der Waals surface area contributed by atoms with Crippen molar-refractivity contribution in [3.05, 3.63) is 41.0 Å². The minimum Gasteiger partial charge on any atom is -0.316 e. The monoisotopic (exact) mass is 229 g/mol. The Bertz CT molecular complexity index is 380. The van der Waals surface area contributed by atoms with E-state index in [0.717, 1.165) is 11.6 Å². The highest BCUT2D eigenvalue weighted by Gasteiger charge is 2.32. The number of hydrogen-bond donors (Lipinski definition) is 1. The third kappa shape index (κ3) is 3.38. The largest absolute Gasteiger partial charge is 0.416 e. The van der Waals surface area contributed by atoms with E-state index in [1.165, 1.54) is 12.1 Å². The number of likely N-dealkylation sites (N-methyl/N-ethyl adjacent to an activating group) is 1. The number of rotatable bonds is 3. The highest BCUT2D eigenvalue weighted by atomic mass is 19.4. The highest BCUT2D eigenvalue weighted by Crippen LogP contribution is 2.32. The summed E-state index contributed by atoms with van der Waals surface area (Å²) in [6, 6.07) is 5.57. The van der Waals surface area contributed by atoms with Gasteiger partial charge in [0, 0.05) is 6.54 Å². The molecule has 0 spiro atoms. The van der Waals surface area contributed by atoms with Crippen LogP contribution in [0.15, 0.2) is 29.8 Å². The number of alkyl halides is 3. The number of hydrogen-bond acceptors (Lipinski definition) is 1. The lowest BCUT2D eigenvalue weighted by molar-refractivity contribution is -0.137. The molecule has 0 aliphatic heterocycles. The molecule has 0 aliphatic rings. The molecule has 0 aliphatic carbocycles. The van der Waals surface area contributed by atoms with Crippen molar-refractivity contribution in [2.24, 2.45) is 0 Å². The average molecular weight is 229 g/mol. The maximum absolute atomic E-state index is 12.6. The summed E-state index contributed by atoms with van der Waals surface area (Å²) in [6.07, 6.45) is -2.74. The Morgan fingerprint density at radius 2 is 1.94 bits per heavy atom.